The van der Waals surface area contributed by atoms with E-state index < -0.39 is 23.5 Å². The van der Waals surface area contributed by atoms with Gasteiger partial charge in [-0.1, -0.05) is 6.42 Å². The number of aromatic hydroxyl groups is 1. The summed E-state index contributed by atoms with van der Waals surface area (Å²) < 4.78 is 13.0. The fraction of sp³-hybridized carbons (Fsp3) is 0.500. The van der Waals surface area contributed by atoms with Gasteiger partial charge in [0, 0.05) is 24.8 Å². The molecule has 1 aliphatic heterocycles. The highest BCUT2D eigenvalue weighted by Crippen LogP contribution is 2.24. The lowest BCUT2D eigenvalue weighted by molar-refractivity contribution is -0.133. The van der Waals surface area contributed by atoms with Crippen molar-refractivity contribution in [2.75, 3.05) is 11.9 Å². The SMILES string of the molecule is O=C1CCC(Nc2ccc(O)c(F)c2)C(=O)N1.OCC1CCC1. The van der Waals surface area contributed by atoms with Gasteiger partial charge in [-0.3, -0.25) is 14.9 Å². The fourth-order valence-corrected chi connectivity index (χ4v) is 2.30. The van der Waals surface area contributed by atoms with Gasteiger partial charge in [0.15, 0.2) is 11.6 Å². The molecule has 1 aliphatic carbocycles. The number of amides is 2. The number of carbonyl (C=O) groups excluding carboxylic acids is 2. The number of piperidine rings is 1. The Morgan fingerprint density at radius 1 is 1.26 bits per heavy atom. The third kappa shape index (κ3) is 4.92. The Hall–Kier alpha value is -2.15. The average molecular weight is 324 g/mol. The molecule has 3 rings (SSSR count). The van der Waals surface area contributed by atoms with Crippen LogP contribution in [0.5, 0.6) is 5.75 Å². The minimum absolute atomic E-state index is 0.254. The van der Waals surface area contributed by atoms with Gasteiger partial charge < -0.3 is 15.5 Å². The zero-order valence-corrected chi connectivity index (χ0v) is 12.7. The first-order chi connectivity index (χ1) is 11.0. The van der Waals surface area contributed by atoms with E-state index in [2.05, 4.69) is 10.6 Å². The first kappa shape index (κ1) is 17.2. The minimum Gasteiger partial charge on any atom is -0.505 e. The molecule has 0 bridgehead atoms. The van der Waals surface area contributed by atoms with E-state index in [9.17, 15) is 14.0 Å². The summed E-state index contributed by atoms with van der Waals surface area (Å²) in [6.07, 6.45) is 4.48. The van der Waals surface area contributed by atoms with Crippen LogP contribution in [0.25, 0.3) is 0 Å². The lowest BCUT2D eigenvalue weighted by atomic mass is 9.86. The molecule has 2 amide bonds. The second kappa shape index (κ2) is 7.92. The van der Waals surface area contributed by atoms with E-state index in [1.165, 1.54) is 31.4 Å². The summed E-state index contributed by atoms with van der Waals surface area (Å²) in [5.41, 5.74) is 0.384. The lowest BCUT2D eigenvalue weighted by Crippen LogP contribution is -2.47. The zero-order chi connectivity index (χ0) is 16.8. The molecule has 6 nitrogen and oxygen atoms in total. The predicted molar refractivity (Wildman–Crippen MR) is 82.3 cm³/mol. The van der Waals surface area contributed by atoms with Gasteiger partial charge in [0.05, 0.1) is 0 Å². The molecule has 0 spiro atoms. The molecule has 7 heteroatoms. The van der Waals surface area contributed by atoms with Crippen LogP contribution >= 0.6 is 0 Å². The zero-order valence-electron chi connectivity index (χ0n) is 12.7. The van der Waals surface area contributed by atoms with Gasteiger partial charge >= 0.3 is 0 Å². The number of aliphatic hydroxyl groups excluding tert-OH is 1. The Bertz CT molecular complexity index is 572. The number of benzene rings is 1. The van der Waals surface area contributed by atoms with Gasteiger partial charge in [0.25, 0.3) is 0 Å². The fourth-order valence-electron chi connectivity index (χ4n) is 2.30. The monoisotopic (exact) mass is 324 g/mol. The van der Waals surface area contributed by atoms with E-state index >= 15 is 0 Å². The van der Waals surface area contributed by atoms with Crippen molar-refractivity contribution in [2.45, 2.75) is 38.1 Å². The second-order valence-electron chi connectivity index (χ2n) is 5.79. The molecule has 2 aliphatic rings. The second-order valence-corrected chi connectivity index (χ2v) is 5.79. The quantitative estimate of drug-likeness (QED) is 0.499. The molecule has 1 aromatic rings. The van der Waals surface area contributed by atoms with Crippen LogP contribution in [0, 0.1) is 11.7 Å². The third-order valence-electron chi connectivity index (χ3n) is 4.01. The summed E-state index contributed by atoms with van der Waals surface area (Å²) in [6.45, 7) is 0.417. The molecule has 0 aromatic heterocycles. The van der Waals surface area contributed by atoms with E-state index in [-0.39, 0.29) is 12.3 Å². The van der Waals surface area contributed by atoms with Crippen molar-refractivity contribution in [3.05, 3.63) is 24.0 Å². The van der Waals surface area contributed by atoms with Crippen LogP contribution < -0.4 is 10.6 Å². The highest BCUT2D eigenvalue weighted by molar-refractivity contribution is 6.01. The number of phenolic OH excluding ortho intramolecular Hbond substituents is 1. The van der Waals surface area contributed by atoms with Gasteiger partial charge in [0.1, 0.15) is 6.04 Å². The Kier molecular flexibility index (Phi) is 5.92. The minimum atomic E-state index is -0.762. The van der Waals surface area contributed by atoms with E-state index in [0.29, 0.717) is 24.6 Å². The maximum Gasteiger partial charge on any atom is 0.249 e. The van der Waals surface area contributed by atoms with Crippen molar-refractivity contribution in [1.29, 1.82) is 0 Å². The largest absolute Gasteiger partial charge is 0.505 e. The van der Waals surface area contributed by atoms with Crippen molar-refractivity contribution in [2.24, 2.45) is 5.92 Å². The van der Waals surface area contributed by atoms with Crippen LogP contribution in [0.3, 0.4) is 0 Å². The van der Waals surface area contributed by atoms with Crippen LogP contribution in [0.2, 0.25) is 0 Å². The number of halogens is 1. The van der Waals surface area contributed by atoms with Gasteiger partial charge in [0.2, 0.25) is 11.8 Å². The number of anilines is 1. The Morgan fingerprint density at radius 2 is 2.00 bits per heavy atom. The summed E-state index contributed by atoms with van der Waals surface area (Å²) in [4.78, 5) is 22.3. The highest BCUT2D eigenvalue weighted by Gasteiger charge is 2.26. The Labute approximate surface area is 133 Å². The molecule has 1 unspecified atom stereocenters. The molecule has 1 heterocycles. The smallest absolute Gasteiger partial charge is 0.249 e. The van der Waals surface area contributed by atoms with Gasteiger partial charge in [-0.25, -0.2) is 4.39 Å². The Balaban J connectivity index is 0.000000268. The topological polar surface area (TPSA) is 98.7 Å². The third-order valence-corrected chi connectivity index (χ3v) is 4.01. The molecule has 1 saturated carbocycles. The van der Waals surface area contributed by atoms with Crippen LogP contribution in [0.1, 0.15) is 32.1 Å². The maximum atomic E-state index is 13.0. The number of aliphatic hydroxyl groups is 1. The van der Waals surface area contributed by atoms with Crippen LogP contribution in [-0.4, -0.2) is 34.7 Å². The maximum absolute atomic E-state index is 13.0. The molecule has 1 atom stereocenters. The number of hydrogen-bond donors (Lipinski definition) is 4. The number of phenols is 1. The normalized spacial score (nSPS) is 20.9. The molecule has 0 radical (unpaired) electrons. The molecular weight excluding hydrogens is 303 g/mol. The van der Waals surface area contributed by atoms with E-state index in [1.54, 1.807) is 0 Å². The van der Waals surface area contributed by atoms with Crippen molar-refractivity contribution < 1.29 is 24.2 Å². The standard InChI is InChI=1S/C11H11FN2O3.C5H10O/c12-7-5-6(1-3-9(7)15)13-8-2-4-10(16)14-11(8)17;6-4-5-2-1-3-5/h1,3,5,8,13,15H,2,4H2,(H,14,16,17);5-6H,1-4H2. The summed E-state index contributed by atoms with van der Waals surface area (Å²) in [7, 11) is 0. The van der Waals surface area contributed by atoms with Crippen LogP contribution in [0.15, 0.2) is 18.2 Å². The van der Waals surface area contributed by atoms with Crippen molar-refractivity contribution in [3.8, 4) is 5.75 Å². The van der Waals surface area contributed by atoms with Gasteiger partial charge in [-0.05, 0) is 37.3 Å². The number of hydrogen-bond acceptors (Lipinski definition) is 5. The lowest BCUT2D eigenvalue weighted by Gasteiger charge is -2.22. The molecular formula is C16H21FN2O4. The number of imide groups is 1. The van der Waals surface area contributed by atoms with E-state index in [1.807, 2.05) is 0 Å². The molecule has 4 N–H and O–H groups in total. The van der Waals surface area contributed by atoms with Crippen LogP contribution in [0.4, 0.5) is 10.1 Å². The molecule has 1 aromatic carbocycles. The van der Waals surface area contributed by atoms with Gasteiger partial charge in [-0.2, -0.15) is 0 Å². The molecule has 126 valence electrons. The first-order valence-electron chi connectivity index (χ1n) is 7.69. The number of carbonyl (C=O) groups is 2. The van der Waals surface area contributed by atoms with Crippen molar-refractivity contribution in [3.63, 3.8) is 0 Å². The van der Waals surface area contributed by atoms with E-state index in [4.69, 9.17) is 10.2 Å². The molecule has 1 saturated heterocycles. The number of rotatable bonds is 3. The van der Waals surface area contributed by atoms with Crippen LogP contribution in [-0.2, 0) is 9.59 Å². The molecule has 2 fully saturated rings. The van der Waals surface area contributed by atoms with E-state index in [0.717, 1.165) is 6.07 Å². The summed E-state index contributed by atoms with van der Waals surface area (Å²) in [5.74, 6) is -1.26. The summed E-state index contributed by atoms with van der Waals surface area (Å²) in [5, 5.41) is 22.4. The summed E-state index contributed by atoms with van der Waals surface area (Å²) in [6, 6.07) is 3.20. The summed E-state index contributed by atoms with van der Waals surface area (Å²) >= 11 is 0. The highest BCUT2D eigenvalue weighted by atomic mass is 19.1. The molecule has 23 heavy (non-hydrogen) atoms. The first-order valence-corrected chi connectivity index (χ1v) is 7.69. The number of nitrogens with one attached hydrogen (secondary N) is 2. The predicted octanol–water partition coefficient (Wildman–Crippen LogP) is 1.53. The average Bonchev–Trinajstić information content (AvgIpc) is 2.45. The van der Waals surface area contributed by atoms with Crippen molar-refractivity contribution >= 4 is 17.5 Å². The Morgan fingerprint density at radius 3 is 2.48 bits per heavy atom. The van der Waals surface area contributed by atoms with Gasteiger partial charge in [-0.15, -0.1) is 0 Å². The van der Waals surface area contributed by atoms with Crippen molar-refractivity contribution in [1.82, 2.24) is 5.32 Å².